The molecule has 1 atom stereocenters. The summed E-state index contributed by atoms with van der Waals surface area (Å²) in [4.78, 5) is 24.1. The molecule has 6 heteroatoms. The summed E-state index contributed by atoms with van der Waals surface area (Å²) in [5, 5.41) is 16.0. The maximum atomic E-state index is 12.5. The monoisotopic (exact) mass is 335 g/mol. The zero-order valence-electron chi connectivity index (χ0n) is 13.4. The number of carbonyl (C=O) groups excluding carboxylic acids is 1. The van der Waals surface area contributed by atoms with Crippen LogP contribution in [0.15, 0.2) is 72.9 Å². The molecule has 0 aliphatic heterocycles. The molecule has 1 heterocycles. The van der Waals surface area contributed by atoms with Crippen molar-refractivity contribution < 1.29 is 14.7 Å². The average molecular weight is 335 g/mol. The van der Waals surface area contributed by atoms with Gasteiger partial charge < -0.3 is 10.4 Å². The van der Waals surface area contributed by atoms with Crippen molar-refractivity contribution in [3.63, 3.8) is 0 Å². The Morgan fingerprint density at radius 2 is 1.64 bits per heavy atom. The Hall–Kier alpha value is -3.41. The molecule has 3 rings (SSSR count). The molecule has 1 amide bonds. The molecule has 0 saturated carbocycles. The Bertz CT molecular complexity index is 860. The smallest absolute Gasteiger partial charge is 0.343 e. The lowest BCUT2D eigenvalue weighted by Crippen LogP contribution is -2.44. The van der Waals surface area contributed by atoms with E-state index in [1.54, 1.807) is 6.07 Å². The first-order chi connectivity index (χ1) is 12.1. The fourth-order valence-corrected chi connectivity index (χ4v) is 2.55. The fourth-order valence-electron chi connectivity index (χ4n) is 2.55. The average Bonchev–Trinajstić information content (AvgIpc) is 3.12. The van der Waals surface area contributed by atoms with Crippen LogP contribution in [0.2, 0.25) is 0 Å². The van der Waals surface area contributed by atoms with E-state index in [-0.39, 0.29) is 6.42 Å². The maximum absolute atomic E-state index is 12.5. The molecule has 0 spiro atoms. The van der Waals surface area contributed by atoms with Gasteiger partial charge in [0.25, 0.3) is 0 Å². The van der Waals surface area contributed by atoms with Gasteiger partial charge >= 0.3 is 12.0 Å². The highest BCUT2D eigenvalue weighted by Crippen LogP contribution is 2.18. The van der Waals surface area contributed by atoms with E-state index in [0.717, 1.165) is 11.1 Å². The van der Waals surface area contributed by atoms with E-state index in [1.165, 1.54) is 10.9 Å². The van der Waals surface area contributed by atoms with E-state index in [9.17, 15) is 14.7 Å². The first-order valence-electron chi connectivity index (χ1n) is 7.82. The third-order valence-electron chi connectivity index (χ3n) is 3.78. The molecule has 3 aromatic rings. The fraction of sp³-hybridized carbons (Fsp3) is 0.105. The van der Waals surface area contributed by atoms with Gasteiger partial charge in [0.2, 0.25) is 0 Å². The Morgan fingerprint density at radius 1 is 1.00 bits per heavy atom. The van der Waals surface area contributed by atoms with Crippen LogP contribution in [0.1, 0.15) is 5.56 Å². The van der Waals surface area contributed by atoms with Gasteiger partial charge in [-0.15, -0.1) is 0 Å². The molecular weight excluding hydrogens is 318 g/mol. The summed E-state index contributed by atoms with van der Waals surface area (Å²) >= 11 is 0. The topological polar surface area (TPSA) is 84.2 Å². The van der Waals surface area contributed by atoms with Gasteiger partial charge in [-0.05, 0) is 11.6 Å². The van der Waals surface area contributed by atoms with E-state index in [4.69, 9.17) is 0 Å². The third kappa shape index (κ3) is 3.92. The van der Waals surface area contributed by atoms with Gasteiger partial charge in [-0.2, -0.15) is 9.78 Å². The number of carboxylic acids is 1. The minimum absolute atomic E-state index is 0.198. The third-order valence-corrected chi connectivity index (χ3v) is 3.78. The summed E-state index contributed by atoms with van der Waals surface area (Å²) in [5.74, 6) is -1.09. The van der Waals surface area contributed by atoms with Gasteiger partial charge in [0.15, 0.2) is 0 Å². The first kappa shape index (κ1) is 16.4. The second-order valence-corrected chi connectivity index (χ2v) is 5.52. The highest BCUT2D eigenvalue weighted by Gasteiger charge is 2.22. The molecule has 1 aromatic heterocycles. The van der Waals surface area contributed by atoms with Crippen molar-refractivity contribution in [1.29, 1.82) is 0 Å². The second kappa shape index (κ2) is 7.44. The number of nitrogens with zero attached hydrogens (tertiary/aromatic N) is 2. The Labute approximate surface area is 144 Å². The highest BCUT2D eigenvalue weighted by atomic mass is 16.4. The Kier molecular flexibility index (Phi) is 4.89. The summed E-state index contributed by atoms with van der Waals surface area (Å²) in [6.07, 6.45) is 1.71. The summed E-state index contributed by atoms with van der Waals surface area (Å²) in [6, 6.07) is 18.6. The van der Waals surface area contributed by atoms with Crippen molar-refractivity contribution >= 4 is 12.0 Å². The van der Waals surface area contributed by atoms with E-state index in [0.29, 0.717) is 5.69 Å². The van der Waals surface area contributed by atoms with Crippen LogP contribution in [0.3, 0.4) is 0 Å². The van der Waals surface area contributed by atoms with Crippen molar-refractivity contribution in [3.05, 3.63) is 78.5 Å². The van der Waals surface area contributed by atoms with Gasteiger partial charge in [-0.25, -0.2) is 9.59 Å². The van der Waals surface area contributed by atoms with Gasteiger partial charge in [0.05, 0.1) is 11.9 Å². The highest BCUT2D eigenvalue weighted by molar-refractivity contribution is 5.86. The van der Waals surface area contributed by atoms with Crippen molar-refractivity contribution in [1.82, 2.24) is 15.1 Å². The van der Waals surface area contributed by atoms with Crippen LogP contribution in [-0.2, 0) is 11.2 Å². The predicted octanol–water partition coefficient (Wildman–Crippen LogP) is 2.80. The summed E-state index contributed by atoms with van der Waals surface area (Å²) in [5.41, 5.74) is 2.26. The number of benzene rings is 2. The number of aromatic nitrogens is 2. The lowest BCUT2D eigenvalue weighted by Gasteiger charge is -2.15. The molecule has 2 aromatic carbocycles. The standard InChI is InChI=1S/C19H17N3O3/c23-18(24)16(13-14-7-3-1-4-8-14)21-19(25)22-17(11-12-20-22)15-9-5-2-6-10-15/h1-12,16H,13H2,(H,21,25)(H,23,24)/t16-/m0/s1. The van der Waals surface area contributed by atoms with Crippen LogP contribution in [0.4, 0.5) is 4.79 Å². The lowest BCUT2D eigenvalue weighted by atomic mass is 10.1. The van der Waals surface area contributed by atoms with Crippen molar-refractivity contribution in [2.45, 2.75) is 12.5 Å². The number of carbonyl (C=O) groups is 2. The van der Waals surface area contributed by atoms with Crippen LogP contribution < -0.4 is 5.32 Å². The number of amides is 1. The first-order valence-corrected chi connectivity index (χ1v) is 7.82. The molecule has 126 valence electrons. The van der Waals surface area contributed by atoms with Crippen molar-refractivity contribution in [2.75, 3.05) is 0 Å². The Morgan fingerprint density at radius 3 is 2.28 bits per heavy atom. The van der Waals surface area contributed by atoms with Crippen LogP contribution in [0.25, 0.3) is 11.3 Å². The van der Waals surface area contributed by atoms with E-state index in [2.05, 4.69) is 10.4 Å². The number of nitrogens with one attached hydrogen (secondary N) is 1. The zero-order valence-corrected chi connectivity index (χ0v) is 13.4. The molecule has 0 radical (unpaired) electrons. The molecule has 6 nitrogen and oxygen atoms in total. The molecule has 0 aliphatic rings. The zero-order chi connectivity index (χ0) is 17.6. The number of aliphatic carboxylic acids is 1. The number of hydrogen-bond acceptors (Lipinski definition) is 3. The number of rotatable bonds is 5. The van der Waals surface area contributed by atoms with Crippen LogP contribution in [0, 0.1) is 0 Å². The SMILES string of the molecule is O=C(O)[C@H](Cc1ccccc1)NC(=O)n1nccc1-c1ccccc1. The van der Waals surface area contributed by atoms with E-state index < -0.39 is 18.0 Å². The maximum Gasteiger partial charge on any atom is 0.343 e. The number of hydrogen-bond donors (Lipinski definition) is 2. The minimum atomic E-state index is -1.09. The molecule has 25 heavy (non-hydrogen) atoms. The second-order valence-electron chi connectivity index (χ2n) is 5.52. The summed E-state index contributed by atoms with van der Waals surface area (Å²) in [6.45, 7) is 0. The normalized spacial score (nSPS) is 11.7. The quantitative estimate of drug-likeness (QED) is 0.751. The molecule has 0 aliphatic carbocycles. The van der Waals surface area contributed by atoms with Crippen LogP contribution >= 0.6 is 0 Å². The van der Waals surface area contributed by atoms with Gasteiger partial charge in [0.1, 0.15) is 6.04 Å². The lowest BCUT2D eigenvalue weighted by molar-refractivity contribution is -0.139. The largest absolute Gasteiger partial charge is 0.480 e. The van der Waals surface area contributed by atoms with Gasteiger partial charge in [-0.3, -0.25) is 0 Å². The molecule has 2 N–H and O–H groups in total. The Balaban J connectivity index is 1.79. The predicted molar refractivity (Wildman–Crippen MR) is 93.2 cm³/mol. The van der Waals surface area contributed by atoms with Crippen molar-refractivity contribution in [2.24, 2.45) is 0 Å². The van der Waals surface area contributed by atoms with E-state index in [1.807, 2.05) is 60.7 Å². The summed E-state index contributed by atoms with van der Waals surface area (Å²) in [7, 11) is 0. The van der Waals surface area contributed by atoms with Crippen molar-refractivity contribution in [3.8, 4) is 11.3 Å². The van der Waals surface area contributed by atoms with Gasteiger partial charge in [-0.1, -0.05) is 60.7 Å². The molecule has 0 saturated heterocycles. The molecule has 0 fully saturated rings. The molecule has 0 bridgehead atoms. The summed E-state index contributed by atoms with van der Waals surface area (Å²) < 4.78 is 1.18. The molecular formula is C19H17N3O3. The van der Waals surface area contributed by atoms with E-state index >= 15 is 0 Å². The molecule has 0 unspecified atom stereocenters. The number of carboxylic acid groups (broad SMARTS) is 1. The van der Waals surface area contributed by atoms with Crippen LogP contribution in [-0.4, -0.2) is 32.9 Å². The minimum Gasteiger partial charge on any atom is -0.480 e. The van der Waals surface area contributed by atoms with Crippen LogP contribution in [0.5, 0.6) is 0 Å². The van der Waals surface area contributed by atoms with Gasteiger partial charge in [0, 0.05) is 12.0 Å².